The summed E-state index contributed by atoms with van der Waals surface area (Å²) in [7, 11) is 0. The third-order valence-electron chi connectivity index (χ3n) is 3.04. The zero-order chi connectivity index (χ0) is 13.2. The fourth-order valence-corrected chi connectivity index (χ4v) is 3.76. The summed E-state index contributed by atoms with van der Waals surface area (Å²) in [5.41, 5.74) is 3.65. The van der Waals surface area contributed by atoms with Gasteiger partial charge in [-0.15, -0.1) is 11.3 Å². The zero-order valence-corrected chi connectivity index (χ0v) is 12.5. The third kappa shape index (κ3) is 2.62. The van der Waals surface area contributed by atoms with Crippen LogP contribution in [0, 0.1) is 6.92 Å². The SMILES string of the molecule is Cc1csc2c(NC(C)Cc3ccsc3)ncnc12. The van der Waals surface area contributed by atoms with Gasteiger partial charge in [0, 0.05) is 6.04 Å². The minimum absolute atomic E-state index is 0.357. The molecule has 3 rings (SSSR count). The van der Waals surface area contributed by atoms with Crippen LogP contribution in [0.4, 0.5) is 5.82 Å². The first kappa shape index (κ1) is 12.6. The lowest BCUT2D eigenvalue weighted by Crippen LogP contribution is -2.18. The smallest absolute Gasteiger partial charge is 0.147 e. The number of aromatic nitrogens is 2. The van der Waals surface area contributed by atoms with Crippen LogP contribution in [0.5, 0.6) is 0 Å². The third-order valence-corrected chi connectivity index (χ3v) is 4.86. The Labute approximate surface area is 120 Å². The minimum Gasteiger partial charge on any atom is -0.366 e. The van der Waals surface area contributed by atoms with Gasteiger partial charge in [0.15, 0.2) is 0 Å². The number of hydrogen-bond donors (Lipinski definition) is 1. The van der Waals surface area contributed by atoms with Crippen LogP contribution in [-0.4, -0.2) is 16.0 Å². The highest BCUT2D eigenvalue weighted by Crippen LogP contribution is 2.29. The summed E-state index contributed by atoms with van der Waals surface area (Å²) < 4.78 is 1.15. The molecule has 3 heterocycles. The Morgan fingerprint density at radius 2 is 2.21 bits per heavy atom. The molecule has 98 valence electrons. The molecule has 0 aliphatic heterocycles. The van der Waals surface area contributed by atoms with Gasteiger partial charge in [-0.05, 0) is 53.6 Å². The van der Waals surface area contributed by atoms with Crippen LogP contribution in [-0.2, 0) is 6.42 Å². The molecular weight excluding hydrogens is 274 g/mol. The van der Waals surface area contributed by atoms with E-state index in [1.165, 1.54) is 11.1 Å². The van der Waals surface area contributed by atoms with Crippen LogP contribution >= 0.6 is 22.7 Å². The number of fused-ring (bicyclic) bond motifs is 1. The summed E-state index contributed by atoms with van der Waals surface area (Å²) in [5, 5.41) is 9.95. The highest BCUT2D eigenvalue weighted by molar-refractivity contribution is 7.18. The largest absolute Gasteiger partial charge is 0.366 e. The number of nitrogens with zero attached hydrogens (tertiary/aromatic N) is 2. The maximum Gasteiger partial charge on any atom is 0.147 e. The molecule has 1 N–H and O–H groups in total. The van der Waals surface area contributed by atoms with Gasteiger partial charge in [0.25, 0.3) is 0 Å². The van der Waals surface area contributed by atoms with Crippen molar-refractivity contribution in [1.29, 1.82) is 0 Å². The first-order chi connectivity index (χ1) is 9.24. The van der Waals surface area contributed by atoms with E-state index in [-0.39, 0.29) is 0 Å². The topological polar surface area (TPSA) is 37.8 Å². The Kier molecular flexibility index (Phi) is 3.48. The lowest BCUT2D eigenvalue weighted by Gasteiger charge is -2.14. The van der Waals surface area contributed by atoms with Crippen molar-refractivity contribution in [1.82, 2.24) is 9.97 Å². The van der Waals surface area contributed by atoms with Gasteiger partial charge in [0.05, 0.1) is 10.2 Å². The van der Waals surface area contributed by atoms with Crippen LogP contribution in [0.25, 0.3) is 10.2 Å². The van der Waals surface area contributed by atoms with E-state index in [2.05, 4.69) is 51.3 Å². The van der Waals surface area contributed by atoms with Gasteiger partial charge in [-0.1, -0.05) is 0 Å². The average molecular weight is 289 g/mol. The van der Waals surface area contributed by atoms with Gasteiger partial charge in [-0.3, -0.25) is 0 Å². The molecule has 5 heteroatoms. The number of aryl methyl sites for hydroxylation is 1. The zero-order valence-electron chi connectivity index (χ0n) is 10.9. The van der Waals surface area contributed by atoms with Crippen molar-refractivity contribution in [3.8, 4) is 0 Å². The van der Waals surface area contributed by atoms with Gasteiger partial charge in [-0.2, -0.15) is 11.3 Å². The molecule has 0 radical (unpaired) electrons. The molecular formula is C14H15N3S2. The van der Waals surface area contributed by atoms with Gasteiger partial charge >= 0.3 is 0 Å². The lowest BCUT2D eigenvalue weighted by molar-refractivity contribution is 0.788. The van der Waals surface area contributed by atoms with Crippen LogP contribution in [0.1, 0.15) is 18.1 Å². The summed E-state index contributed by atoms with van der Waals surface area (Å²) in [4.78, 5) is 8.73. The van der Waals surface area contributed by atoms with Crippen molar-refractivity contribution < 1.29 is 0 Å². The molecule has 0 bridgehead atoms. The molecule has 3 aromatic heterocycles. The van der Waals surface area contributed by atoms with E-state index >= 15 is 0 Å². The van der Waals surface area contributed by atoms with Gasteiger partial charge in [0.2, 0.25) is 0 Å². The summed E-state index contributed by atoms with van der Waals surface area (Å²) in [6.07, 6.45) is 2.65. The molecule has 3 aromatic rings. The predicted octanol–water partition coefficient (Wildman–Crippen LogP) is 4.10. The van der Waals surface area contributed by atoms with Gasteiger partial charge < -0.3 is 5.32 Å². The molecule has 0 saturated heterocycles. The van der Waals surface area contributed by atoms with Crippen molar-refractivity contribution in [2.75, 3.05) is 5.32 Å². The lowest BCUT2D eigenvalue weighted by atomic mass is 10.1. The molecule has 1 atom stereocenters. The van der Waals surface area contributed by atoms with Crippen LogP contribution in [0.3, 0.4) is 0 Å². The number of anilines is 1. The fraction of sp³-hybridized carbons (Fsp3) is 0.286. The normalized spacial score (nSPS) is 12.7. The minimum atomic E-state index is 0.357. The van der Waals surface area contributed by atoms with Crippen molar-refractivity contribution in [3.05, 3.63) is 39.7 Å². The molecule has 19 heavy (non-hydrogen) atoms. The van der Waals surface area contributed by atoms with Crippen LogP contribution in [0.2, 0.25) is 0 Å². The summed E-state index contributed by atoms with van der Waals surface area (Å²) in [5.74, 6) is 0.950. The maximum absolute atomic E-state index is 4.38. The van der Waals surface area contributed by atoms with E-state index in [9.17, 15) is 0 Å². The van der Waals surface area contributed by atoms with E-state index in [1.54, 1.807) is 29.0 Å². The monoisotopic (exact) mass is 289 g/mol. The fourth-order valence-electron chi connectivity index (χ4n) is 2.12. The molecule has 0 amide bonds. The second-order valence-electron chi connectivity index (χ2n) is 4.70. The molecule has 0 fully saturated rings. The molecule has 0 aliphatic rings. The molecule has 0 spiro atoms. The van der Waals surface area contributed by atoms with Gasteiger partial charge in [0.1, 0.15) is 12.1 Å². The number of hydrogen-bond acceptors (Lipinski definition) is 5. The highest BCUT2D eigenvalue weighted by atomic mass is 32.1. The van der Waals surface area contributed by atoms with Crippen molar-refractivity contribution >= 4 is 38.7 Å². The summed E-state index contributed by atoms with van der Waals surface area (Å²) >= 11 is 3.45. The Morgan fingerprint density at radius 3 is 3.00 bits per heavy atom. The maximum atomic E-state index is 4.38. The van der Waals surface area contributed by atoms with Gasteiger partial charge in [-0.25, -0.2) is 9.97 Å². The van der Waals surface area contributed by atoms with E-state index in [0.29, 0.717) is 6.04 Å². The van der Waals surface area contributed by atoms with Crippen molar-refractivity contribution in [2.45, 2.75) is 26.3 Å². The standard InChI is InChI=1S/C14H15N3S2/c1-9-6-19-13-12(9)15-8-16-14(13)17-10(2)5-11-3-4-18-7-11/h3-4,6-8,10H,5H2,1-2H3,(H,15,16,17). The first-order valence-corrected chi connectivity index (χ1v) is 8.02. The Hall–Kier alpha value is -1.46. The second kappa shape index (κ2) is 5.27. The number of nitrogens with one attached hydrogen (secondary N) is 1. The molecule has 0 aliphatic carbocycles. The molecule has 0 aromatic carbocycles. The number of rotatable bonds is 4. The second-order valence-corrected chi connectivity index (χ2v) is 6.36. The molecule has 1 unspecified atom stereocenters. The van der Waals surface area contributed by atoms with E-state index in [4.69, 9.17) is 0 Å². The van der Waals surface area contributed by atoms with Crippen molar-refractivity contribution in [3.63, 3.8) is 0 Å². The van der Waals surface area contributed by atoms with E-state index < -0.39 is 0 Å². The molecule has 0 saturated carbocycles. The predicted molar refractivity (Wildman–Crippen MR) is 83.3 cm³/mol. The first-order valence-electron chi connectivity index (χ1n) is 6.20. The summed E-state index contributed by atoms with van der Waals surface area (Å²) in [6, 6.07) is 2.53. The Balaban J connectivity index is 1.81. The van der Waals surface area contributed by atoms with Crippen LogP contribution < -0.4 is 5.32 Å². The number of thiophene rings is 2. The quantitative estimate of drug-likeness (QED) is 0.785. The average Bonchev–Trinajstić information content (AvgIpc) is 3.01. The van der Waals surface area contributed by atoms with E-state index in [1.807, 2.05) is 0 Å². The van der Waals surface area contributed by atoms with Crippen molar-refractivity contribution in [2.24, 2.45) is 0 Å². The van der Waals surface area contributed by atoms with E-state index in [0.717, 1.165) is 22.5 Å². The van der Waals surface area contributed by atoms with Crippen LogP contribution in [0.15, 0.2) is 28.5 Å². The Morgan fingerprint density at radius 1 is 1.32 bits per heavy atom. The summed E-state index contributed by atoms with van der Waals surface area (Å²) in [6.45, 7) is 4.27. The Bertz CT molecular complexity index is 673. The molecule has 3 nitrogen and oxygen atoms in total. The highest BCUT2D eigenvalue weighted by Gasteiger charge is 2.11.